The molecule has 2 rings (SSSR count). The molecule has 1 unspecified atom stereocenters. The zero-order chi connectivity index (χ0) is 16.8. The minimum atomic E-state index is -0.385. The standard InChI is InChI=1S/C14H19BrN6O2/c1-9(16)12(20-14(15)17)19-11-3-2-10(8-18-11)13(22)21-4-6-23-7-5-21/h2-3,8-9H,4-7,16H2,1H3,(H2,17,18,19,20). The Morgan fingerprint density at radius 3 is 2.74 bits per heavy atom. The van der Waals surface area contributed by atoms with Gasteiger partial charge in [-0.3, -0.25) is 10.2 Å². The molecule has 0 aliphatic carbocycles. The van der Waals surface area contributed by atoms with Gasteiger partial charge in [-0.25, -0.2) is 9.98 Å². The van der Waals surface area contributed by atoms with Crippen molar-refractivity contribution < 1.29 is 9.53 Å². The van der Waals surface area contributed by atoms with Gasteiger partial charge in [0, 0.05) is 19.3 Å². The Morgan fingerprint density at radius 1 is 1.52 bits per heavy atom. The zero-order valence-electron chi connectivity index (χ0n) is 12.8. The van der Waals surface area contributed by atoms with Crippen LogP contribution in [0.5, 0.6) is 0 Å². The van der Waals surface area contributed by atoms with Crippen LogP contribution in [-0.2, 0) is 4.74 Å². The lowest BCUT2D eigenvalue weighted by Gasteiger charge is -2.26. The molecule has 124 valence electrons. The first-order valence-electron chi connectivity index (χ1n) is 7.15. The molecular weight excluding hydrogens is 364 g/mol. The number of nitrogens with two attached hydrogens (primary N) is 1. The van der Waals surface area contributed by atoms with Gasteiger partial charge in [-0.05, 0) is 35.0 Å². The molecule has 23 heavy (non-hydrogen) atoms. The first-order valence-corrected chi connectivity index (χ1v) is 7.95. The number of ether oxygens (including phenoxy) is 1. The van der Waals surface area contributed by atoms with Crippen molar-refractivity contribution in [3.8, 4) is 0 Å². The monoisotopic (exact) mass is 382 g/mol. The van der Waals surface area contributed by atoms with Crippen molar-refractivity contribution in [1.82, 2.24) is 9.88 Å². The second kappa shape index (κ2) is 8.14. The molecule has 0 saturated carbocycles. The van der Waals surface area contributed by atoms with Crippen LogP contribution in [0, 0.1) is 5.41 Å². The molecule has 0 aromatic carbocycles. The first-order chi connectivity index (χ1) is 11.0. The molecule has 1 aromatic heterocycles. The molecule has 8 nitrogen and oxygen atoms in total. The van der Waals surface area contributed by atoms with Crippen LogP contribution in [-0.4, -0.2) is 58.7 Å². The molecule has 1 aliphatic heterocycles. The highest BCUT2D eigenvalue weighted by Gasteiger charge is 2.18. The summed E-state index contributed by atoms with van der Waals surface area (Å²) in [5.41, 5.74) is 6.32. The Labute approximate surface area is 142 Å². The van der Waals surface area contributed by atoms with E-state index >= 15 is 0 Å². The van der Waals surface area contributed by atoms with Gasteiger partial charge in [0.05, 0.1) is 24.8 Å². The van der Waals surface area contributed by atoms with Crippen molar-refractivity contribution >= 4 is 38.2 Å². The topological polar surface area (TPSA) is 117 Å². The van der Waals surface area contributed by atoms with Crippen LogP contribution in [0.15, 0.2) is 23.3 Å². The van der Waals surface area contributed by atoms with Crippen LogP contribution < -0.4 is 11.1 Å². The molecule has 1 aliphatic rings. The molecule has 0 spiro atoms. The summed E-state index contributed by atoms with van der Waals surface area (Å²) in [6.07, 6.45) is 1.51. The summed E-state index contributed by atoms with van der Waals surface area (Å²) in [5.74, 6) is 0.857. The number of hydrogen-bond acceptors (Lipinski definition) is 5. The molecule has 1 aromatic rings. The molecule has 1 saturated heterocycles. The van der Waals surface area contributed by atoms with E-state index in [-0.39, 0.29) is 16.7 Å². The van der Waals surface area contributed by atoms with Gasteiger partial charge in [0.2, 0.25) is 0 Å². The molecule has 1 atom stereocenters. The Morgan fingerprint density at radius 2 is 2.22 bits per heavy atom. The highest BCUT2D eigenvalue weighted by Crippen LogP contribution is 2.10. The van der Waals surface area contributed by atoms with Gasteiger partial charge in [-0.2, -0.15) is 0 Å². The Bertz CT molecular complexity index is 596. The fourth-order valence-electron chi connectivity index (χ4n) is 2.02. The minimum Gasteiger partial charge on any atom is -0.378 e. The third-order valence-corrected chi connectivity index (χ3v) is 3.39. The van der Waals surface area contributed by atoms with Gasteiger partial charge in [0.15, 0.2) is 4.74 Å². The summed E-state index contributed by atoms with van der Waals surface area (Å²) in [6.45, 7) is 4.05. The fourth-order valence-corrected chi connectivity index (χ4v) is 2.21. The van der Waals surface area contributed by atoms with Crippen LogP contribution in [0.25, 0.3) is 0 Å². The van der Waals surface area contributed by atoms with Crippen LogP contribution in [0.4, 0.5) is 5.82 Å². The van der Waals surface area contributed by atoms with Crippen molar-refractivity contribution in [2.75, 3.05) is 31.6 Å². The van der Waals surface area contributed by atoms with Gasteiger partial charge in [0.25, 0.3) is 5.91 Å². The predicted octanol–water partition coefficient (Wildman–Crippen LogP) is 1.04. The second-order valence-corrected chi connectivity index (χ2v) is 5.79. The predicted molar refractivity (Wildman–Crippen MR) is 92.3 cm³/mol. The van der Waals surface area contributed by atoms with E-state index < -0.39 is 0 Å². The van der Waals surface area contributed by atoms with Crippen molar-refractivity contribution in [2.45, 2.75) is 13.0 Å². The van der Waals surface area contributed by atoms with E-state index in [9.17, 15) is 4.79 Å². The highest BCUT2D eigenvalue weighted by molar-refractivity contribution is 9.18. The summed E-state index contributed by atoms with van der Waals surface area (Å²) in [7, 11) is 0. The molecule has 1 amide bonds. The Kier molecular flexibility index (Phi) is 6.20. The Hall–Kier alpha value is -1.84. The molecule has 0 radical (unpaired) electrons. The third kappa shape index (κ3) is 5.08. The van der Waals surface area contributed by atoms with Crippen LogP contribution in [0.2, 0.25) is 0 Å². The van der Waals surface area contributed by atoms with Gasteiger partial charge < -0.3 is 20.7 Å². The average molecular weight is 383 g/mol. The number of nitrogens with one attached hydrogen (secondary N) is 2. The molecule has 9 heteroatoms. The number of hydrogen-bond donors (Lipinski definition) is 3. The third-order valence-electron chi connectivity index (χ3n) is 3.21. The maximum Gasteiger partial charge on any atom is 0.255 e. The number of carbonyl (C=O) groups is 1. The van der Waals surface area contributed by atoms with Gasteiger partial charge in [0.1, 0.15) is 11.7 Å². The van der Waals surface area contributed by atoms with Crippen LogP contribution in [0.3, 0.4) is 0 Å². The van der Waals surface area contributed by atoms with E-state index in [1.54, 1.807) is 24.0 Å². The summed E-state index contributed by atoms with van der Waals surface area (Å²) in [6, 6.07) is 3.00. The molecule has 1 fully saturated rings. The van der Waals surface area contributed by atoms with Gasteiger partial charge in [-0.1, -0.05) is 0 Å². The zero-order valence-corrected chi connectivity index (χ0v) is 14.3. The second-order valence-electron chi connectivity index (χ2n) is 5.04. The van der Waals surface area contributed by atoms with Gasteiger partial charge >= 0.3 is 0 Å². The fraction of sp³-hybridized carbons (Fsp3) is 0.429. The number of aromatic nitrogens is 1. The van der Waals surface area contributed by atoms with E-state index in [0.29, 0.717) is 43.5 Å². The van der Waals surface area contributed by atoms with Gasteiger partial charge in [-0.15, -0.1) is 0 Å². The Balaban J connectivity index is 2.06. The van der Waals surface area contributed by atoms with Crippen molar-refractivity contribution in [3.05, 3.63) is 23.9 Å². The normalized spacial score (nSPS) is 16.8. The number of rotatable bonds is 3. The van der Waals surface area contributed by atoms with E-state index in [1.165, 1.54) is 6.20 Å². The summed E-state index contributed by atoms with van der Waals surface area (Å²) < 4.78 is 5.21. The summed E-state index contributed by atoms with van der Waals surface area (Å²) >= 11 is 2.95. The van der Waals surface area contributed by atoms with Crippen molar-refractivity contribution in [2.24, 2.45) is 10.7 Å². The number of pyridine rings is 1. The number of carbonyl (C=O) groups excluding carboxylic acids is 1. The number of aliphatic imine (C=N–C) groups is 1. The number of halogens is 1. The summed E-state index contributed by atoms with van der Waals surface area (Å²) in [4.78, 5) is 22.2. The van der Waals surface area contributed by atoms with E-state index in [1.807, 2.05) is 0 Å². The molecule has 0 bridgehead atoms. The lowest BCUT2D eigenvalue weighted by atomic mass is 10.2. The van der Waals surface area contributed by atoms with Crippen LogP contribution in [0.1, 0.15) is 17.3 Å². The van der Waals surface area contributed by atoms with E-state index in [0.717, 1.165) is 0 Å². The largest absolute Gasteiger partial charge is 0.378 e. The molecule has 2 heterocycles. The number of morpholine rings is 1. The minimum absolute atomic E-state index is 0.0311. The summed E-state index contributed by atoms with van der Waals surface area (Å²) in [5, 5.41) is 10.3. The number of amidine groups is 2. The quantitative estimate of drug-likeness (QED) is 0.410. The van der Waals surface area contributed by atoms with Crippen LogP contribution >= 0.6 is 15.9 Å². The average Bonchev–Trinajstić information content (AvgIpc) is 2.54. The highest BCUT2D eigenvalue weighted by atomic mass is 79.9. The number of nitrogens with zero attached hydrogens (tertiary/aromatic N) is 3. The SMILES string of the molecule is CC(N)/C(=N/C(=N)Br)Nc1ccc(C(=O)N2CCOCC2)cn1. The molecule has 4 N–H and O–H groups in total. The van der Waals surface area contributed by atoms with E-state index in [2.05, 4.69) is 31.2 Å². The van der Waals surface area contributed by atoms with E-state index in [4.69, 9.17) is 15.9 Å². The lowest BCUT2D eigenvalue weighted by molar-refractivity contribution is 0.0302. The number of anilines is 1. The lowest BCUT2D eigenvalue weighted by Crippen LogP contribution is -2.40. The first kappa shape index (κ1) is 17.5. The smallest absolute Gasteiger partial charge is 0.255 e. The maximum atomic E-state index is 12.3. The number of amides is 1. The van der Waals surface area contributed by atoms with Crippen molar-refractivity contribution in [1.29, 1.82) is 5.41 Å². The molecular formula is C14H19BrN6O2. The maximum absolute atomic E-state index is 12.3. The van der Waals surface area contributed by atoms with Crippen molar-refractivity contribution in [3.63, 3.8) is 0 Å².